The van der Waals surface area contributed by atoms with Crippen LogP contribution in [0, 0.1) is 0 Å². The molecule has 0 bridgehead atoms. The monoisotopic (exact) mass is 256 g/mol. The second kappa shape index (κ2) is 6.56. The van der Waals surface area contributed by atoms with Crippen molar-refractivity contribution in [2.75, 3.05) is 5.32 Å². The Labute approximate surface area is 112 Å². The molecule has 0 fully saturated rings. The lowest BCUT2D eigenvalue weighted by molar-refractivity contribution is 0.251. The summed E-state index contributed by atoms with van der Waals surface area (Å²) in [5.41, 5.74) is 2.48. The van der Waals surface area contributed by atoms with E-state index >= 15 is 0 Å². The number of hydrogen-bond donors (Lipinski definition) is 3. The Morgan fingerprint density at radius 3 is 2.26 bits per heavy atom. The molecule has 0 spiro atoms. The molecule has 3 N–H and O–H groups in total. The molecule has 0 saturated heterocycles. The normalized spacial score (nSPS) is 9.95. The highest BCUT2D eigenvalue weighted by Crippen LogP contribution is 2.08. The molecular formula is C15H16N2O2. The van der Waals surface area contributed by atoms with E-state index in [1.165, 1.54) is 0 Å². The molecule has 2 aromatic rings. The third-order valence-electron chi connectivity index (χ3n) is 2.76. The van der Waals surface area contributed by atoms with Crippen LogP contribution in [-0.2, 0) is 13.2 Å². The Bertz CT molecular complexity index is 541. The van der Waals surface area contributed by atoms with Crippen LogP contribution in [0.5, 0.6) is 0 Å². The molecule has 0 aromatic heterocycles. The van der Waals surface area contributed by atoms with Crippen molar-refractivity contribution in [2.24, 2.45) is 0 Å². The maximum Gasteiger partial charge on any atom is 0.319 e. The summed E-state index contributed by atoms with van der Waals surface area (Å²) in [6.07, 6.45) is 0. The van der Waals surface area contributed by atoms with Crippen molar-refractivity contribution in [1.29, 1.82) is 0 Å². The standard InChI is InChI=1S/C15H16N2O2/c18-11-13-7-5-4-6-12(13)10-16-15(19)17-14-8-2-1-3-9-14/h1-9,18H,10-11H2,(H2,16,17,19). The number of para-hydroxylation sites is 1. The maximum absolute atomic E-state index is 11.7. The zero-order valence-electron chi connectivity index (χ0n) is 10.5. The Kier molecular flexibility index (Phi) is 4.53. The number of amides is 2. The lowest BCUT2D eigenvalue weighted by Gasteiger charge is -2.10. The highest BCUT2D eigenvalue weighted by Gasteiger charge is 2.04. The largest absolute Gasteiger partial charge is 0.392 e. The summed E-state index contributed by atoms with van der Waals surface area (Å²) in [5, 5.41) is 14.7. The van der Waals surface area contributed by atoms with E-state index in [0.29, 0.717) is 6.54 Å². The SMILES string of the molecule is O=C(NCc1ccccc1CO)Nc1ccccc1. The second-order valence-electron chi connectivity index (χ2n) is 4.10. The molecule has 19 heavy (non-hydrogen) atoms. The fourth-order valence-corrected chi connectivity index (χ4v) is 1.76. The Morgan fingerprint density at radius 1 is 0.947 bits per heavy atom. The van der Waals surface area contributed by atoms with Crippen LogP contribution < -0.4 is 10.6 Å². The number of carbonyl (C=O) groups excluding carboxylic acids is 1. The molecule has 0 atom stereocenters. The fourth-order valence-electron chi connectivity index (χ4n) is 1.76. The molecule has 4 heteroatoms. The van der Waals surface area contributed by atoms with E-state index in [1.54, 1.807) is 0 Å². The van der Waals surface area contributed by atoms with Crippen molar-refractivity contribution in [3.05, 3.63) is 65.7 Å². The molecule has 0 aliphatic carbocycles. The van der Waals surface area contributed by atoms with Gasteiger partial charge in [-0.2, -0.15) is 0 Å². The van der Waals surface area contributed by atoms with Gasteiger partial charge in [0.1, 0.15) is 0 Å². The minimum atomic E-state index is -0.265. The molecule has 2 aromatic carbocycles. The van der Waals surface area contributed by atoms with Crippen LogP contribution in [0.2, 0.25) is 0 Å². The number of carbonyl (C=O) groups is 1. The molecule has 0 aliphatic heterocycles. The third kappa shape index (κ3) is 3.82. The van der Waals surface area contributed by atoms with E-state index in [2.05, 4.69) is 10.6 Å². The van der Waals surface area contributed by atoms with E-state index in [4.69, 9.17) is 0 Å². The van der Waals surface area contributed by atoms with Gasteiger partial charge in [0, 0.05) is 12.2 Å². The van der Waals surface area contributed by atoms with Crippen molar-refractivity contribution >= 4 is 11.7 Å². The molecule has 2 rings (SSSR count). The minimum absolute atomic E-state index is 0.0296. The van der Waals surface area contributed by atoms with Crippen molar-refractivity contribution in [1.82, 2.24) is 5.32 Å². The van der Waals surface area contributed by atoms with Crippen LogP contribution in [-0.4, -0.2) is 11.1 Å². The first-order valence-electron chi connectivity index (χ1n) is 6.07. The molecular weight excluding hydrogens is 240 g/mol. The summed E-state index contributed by atoms with van der Waals surface area (Å²) >= 11 is 0. The zero-order chi connectivity index (χ0) is 13.5. The van der Waals surface area contributed by atoms with Gasteiger partial charge in [-0.05, 0) is 23.3 Å². The number of aliphatic hydroxyl groups excluding tert-OH is 1. The zero-order valence-corrected chi connectivity index (χ0v) is 10.5. The number of rotatable bonds is 4. The number of nitrogens with one attached hydrogen (secondary N) is 2. The summed E-state index contributed by atoms with van der Waals surface area (Å²) in [6, 6.07) is 16.4. The molecule has 0 unspecified atom stereocenters. The Morgan fingerprint density at radius 2 is 1.58 bits per heavy atom. The Hall–Kier alpha value is -2.33. The summed E-state index contributed by atoms with van der Waals surface area (Å²) in [6.45, 7) is 0.355. The molecule has 98 valence electrons. The van der Waals surface area contributed by atoms with Crippen LogP contribution in [0.4, 0.5) is 10.5 Å². The van der Waals surface area contributed by atoms with Crippen LogP contribution >= 0.6 is 0 Å². The smallest absolute Gasteiger partial charge is 0.319 e. The van der Waals surface area contributed by atoms with Crippen LogP contribution in [0.3, 0.4) is 0 Å². The van der Waals surface area contributed by atoms with Crippen LogP contribution in [0.25, 0.3) is 0 Å². The molecule has 2 amide bonds. The lowest BCUT2D eigenvalue weighted by Crippen LogP contribution is -2.28. The van der Waals surface area contributed by atoms with Gasteiger partial charge in [0.2, 0.25) is 0 Å². The molecule has 0 heterocycles. The number of benzene rings is 2. The first-order valence-corrected chi connectivity index (χ1v) is 6.07. The lowest BCUT2D eigenvalue weighted by atomic mass is 10.1. The average molecular weight is 256 g/mol. The highest BCUT2D eigenvalue weighted by molar-refractivity contribution is 5.89. The van der Waals surface area contributed by atoms with Crippen molar-refractivity contribution in [2.45, 2.75) is 13.2 Å². The average Bonchev–Trinajstić information content (AvgIpc) is 2.46. The molecule has 0 radical (unpaired) electrons. The first-order chi connectivity index (χ1) is 9.29. The topological polar surface area (TPSA) is 61.4 Å². The van der Waals surface area contributed by atoms with Gasteiger partial charge in [0.05, 0.1) is 6.61 Å². The van der Waals surface area contributed by atoms with Crippen molar-refractivity contribution in [3.63, 3.8) is 0 Å². The number of urea groups is 1. The summed E-state index contributed by atoms with van der Waals surface area (Å²) in [5.74, 6) is 0. The maximum atomic E-state index is 11.7. The van der Waals surface area contributed by atoms with Gasteiger partial charge in [-0.1, -0.05) is 42.5 Å². The number of hydrogen-bond acceptors (Lipinski definition) is 2. The minimum Gasteiger partial charge on any atom is -0.392 e. The van der Waals surface area contributed by atoms with Crippen LogP contribution in [0.15, 0.2) is 54.6 Å². The van der Waals surface area contributed by atoms with Crippen LogP contribution in [0.1, 0.15) is 11.1 Å². The van der Waals surface area contributed by atoms with E-state index in [1.807, 2.05) is 54.6 Å². The predicted octanol–water partition coefficient (Wildman–Crippen LogP) is 2.50. The van der Waals surface area contributed by atoms with E-state index in [-0.39, 0.29) is 12.6 Å². The Balaban J connectivity index is 1.90. The molecule has 0 aliphatic rings. The van der Waals surface area contributed by atoms with E-state index in [0.717, 1.165) is 16.8 Å². The van der Waals surface area contributed by atoms with Crippen molar-refractivity contribution < 1.29 is 9.90 Å². The van der Waals surface area contributed by atoms with Gasteiger partial charge >= 0.3 is 6.03 Å². The van der Waals surface area contributed by atoms with Gasteiger partial charge in [-0.3, -0.25) is 0 Å². The summed E-state index contributed by atoms with van der Waals surface area (Å²) < 4.78 is 0. The summed E-state index contributed by atoms with van der Waals surface area (Å²) in [7, 11) is 0. The van der Waals surface area contributed by atoms with Gasteiger partial charge in [0.15, 0.2) is 0 Å². The van der Waals surface area contributed by atoms with Crippen molar-refractivity contribution in [3.8, 4) is 0 Å². The van der Waals surface area contributed by atoms with E-state index in [9.17, 15) is 9.90 Å². The number of aliphatic hydroxyl groups is 1. The summed E-state index contributed by atoms with van der Waals surface area (Å²) in [4.78, 5) is 11.7. The third-order valence-corrected chi connectivity index (χ3v) is 2.76. The predicted molar refractivity (Wildman–Crippen MR) is 74.7 cm³/mol. The van der Waals surface area contributed by atoms with Gasteiger partial charge in [0.25, 0.3) is 0 Å². The molecule has 0 saturated carbocycles. The van der Waals surface area contributed by atoms with Gasteiger partial charge < -0.3 is 15.7 Å². The number of anilines is 1. The van der Waals surface area contributed by atoms with Gasteiger partial charge in [-0.25, -0.2) is 4.79 Å². The van der Waals surface area contributed by atoms with Gasteiger partial charge in [-0.15, -0.1) is 0 Å². The fraction of sp³-hybridized carbons (Fsp3) is 0.133. The first kappa shape index (κ1) is 13.1. The second-order valence-corrected chi connectivity index (χ2v) is 4.10. The molecule has 4 nitrogen and oxygen atoms in total. The van der Waals surface area contributed by atoms with E-state index < -0.39 is 0 Å². The quantitative estimate of drug-likeness (QED) is 0.787. The highest BCUT2D eigenvalue weighted by atomic mass is 16.3.